The average Bonchev–Trinajstić information content (AvgIpc) is 3.78. The Hall–Kier alpha value is -6.15. The van der Waals surface area contributed by atoms with E-state index in [4.69, 9.17) is 22.3 Å². The molecule has 2 aliphatic heterocycles. The van der Waals surface area contributed by atoms with Crippen molar-refractivity contribution in [1.29, 1.82) is 0 Å². The minimum Gasteiger partial charge on any atom is -0.508 e. The van der Waals surface area contributed by atoms with Crippen LogP contribution < -0.4 is 54.4 Å². The molecule has 0 saturated carbocycles. The van der Waals surface area contributed by atoms with Crippen molar-refractivity contribution in [1.82, 2.24) is 42.1 Å². The van der Waals surface area contributed by atoms with Crippen molar-refractivity contribution in [2.75, 3.05) is 24.6 Å². The van der Waals surface area contributed by atoms with Crippen molar-refractivity contribution < 1.29 is 63.0 Å². The van der Waals surface area contributed by atoms with Gasteiger partial charge in [0.15, 0.2) is 0 Å². The number of aliphatic carboxylic acids is 1. The molecule has 2 fully saturated rings. The van der Waals surface area contributed by atoms with Crippen LogP contribution in [0, 0.1) is 11.8 Å². The van der Waals surface area contributed by atoms with Gasteiger partial charge in [0.25, 0.3) is 0 Å². The molecule has 10 amide bonds. The van der Waals surface area contributed by atoms with Gasteiger partial charge >= 0.3 is 5.97 Å². The Morgan fingerprint density at radius 1 is 0.812 bits per heavy atom. The summed E-state index contributed by atoms with van der Waals surface area (Å²) in [5.74, 6) is -11.1. The van der Waals surface area contributed by atoms with Crippen LogP contribution in [0.4, 0.5) is 0 Å². The van der Waals surface area contributed by atoms with Gasteiger partial charge in [-0.05, 0) is 55.2 Å². The number of carboxylic acids is 1. The summed E-state index contributed by atoms with van der Waals surface area (Å²) in [7, 11) is 2.03. The molecule has 15 N–H and O–H groups in total. The lowest BCUT2D eigenvalue weighted by Crippen LogP contribution is -2.61. The average molecular weight is 1010 g/mol. The third-order valence-corrected chi connectivity index (χ3v) is 13.7. The molecular formula is C43H65N11O13S2. The lowest BCUT2D eigenvalue weighted by molar-refractivity contribution is -0.142. The van der Waals surface area contributed by atoms with E-state index in [9.17, 15) is 57.8 Å². The minimum atomic E-state index is -1.76. The molecule has 69 heavy (non-hydrogen) atoms. The smallest absolute Gasteiger partial charge is 0.322 e. The highest BCUT2D eigenvalue weighted by Gasteiger charge is 2.41. The first-order chi connectivity index (χ1) is 32.5. The van der Waals surface area contributed by atoms with Crippen molar-refractivity contribution in [3.8, 4) is 5.75 Å². The van der Waals surface area contributed by atoms with Gasteiger partial charge in [-0.1, -0.05) is 67.8 Å². The first-order valence-corrected chi connectivity index (χ1v) is 25.0. The van der Waals surface area contributed by atoms with Gasteiger partial charge in [-0.3, -0.25) is 52.7 Å². The number of rotatable bonds is 17. The molecule has 0 aromatic heterocycles. The first-order valence-electron chi connectivity index (χ1n) is 22.5. The molecule has 2 aliphatic rings. The fourth-order valence-electron chi connectivity index (χ4n) is 7.33. The third kappa shape index (κ3) is 18.7. The Bertz CT molecular complexity index is 2050. The highest BCUT2D eigenvalue weighted by atomic mass is 33.1. The van der Waals surface area contributed by atoms with Crippen molar-refractivity contribution in [2.24, 2.45) is 29.0 Å². The molecular weight excluding hydrogens is 943 g/mol. The molecule has 1 unspecified atom stereocenters. The van der Waals surface area contributed by atoms with Crippen molar-refractivity contribution in [2.45, 2.75) is 127 Å². The summed E-state index contributed by atoms with van der Waals surface area (Å²) < 4.78 is 0. The van der Waals surface area contributed by atoms with E-state index in [1.807, 2.05) is 0 Å². The van der Waals surface area contributed by atoms with Gasteiger partial charge in [0.2, 0.25) is 59.1 Å². The molecule has 0 aliphatic carbocycles. The molecule has 2 heterocycles. The number of phenols is 1. The summed E-state index contributed by atoms with van der Waals surface area (Å²) in [4.78, 5) is 148. The summed E-state index contributed by atoms with van der Waals surface area (Å²) in [6.07, 6.45) is -0.798. The van der Waals surface area contributed by atoms with E-state index in [2.05, 4.69) is 37.2 Å². The first kappa shape index (κ1) is 57.2. The number of phenolic OH excluding ortho intramolecular Hbond substituents is 1. The second-order valence-corrected chi connectivity index (χ2v) is 19.9. The van der Waals surface area contributed by atoms with E-state index < -0.39 is 145 Å². The van der Waals surface area contributed by atoms with E-state index in [0.29, 0.717) is 18.4 Å². The van der Waals surface area contributed by atoms with E-state index >= 15 is 0 Å². The molecule has 26 heteroatoms. The van der Waals surface area contributed by atoms with Crippen LogP contribution in [0.1, 0.15) is 78.2 Å². The molecule has 0 spiro atoms. The van der Waals surface area contributed by atoms with Gasteiger partial charge in [-0.2, -0.15) is 0 Å². The van der Waals surface area contributed by atoms with Crippen LogP contribution >= 0.6 is 21.6 Å². The summed E-state index contributed by atoms with van der Waals surface area (Å²) in [6.45, 7) is 6.31. The highest BCUT2D eigenvalue weighted by Crippen LogP contribution is 2.26. The Labute approximate surface area is 407 Å². The molecule has 1 aromatic rings. The lowest BCUT2D eigenvalue weighted by Gasteiger charge is -2.31. The third-order valence-electron chi connectivity index (χ3n) is 11.3. The van der Waals surface area contributed by atoms with Gasteiger partial charge < -0.3 is 69.5 Å². The Morgan fingerprint density at radius 2 is 1.42 bits per heavy atom. The van der Waals surface area contributed by atoms with Crippen molar-refractivity contribution in [3.63, 3.8) is 0 Å². The second kappa shape index (κ2) is 27.7. The number of primary amides is 2. The highest BCUT2D eigenvalue weighted by molar-refractivity contribution is 8.76. The van der Waals surface area contributed by atoms with Crippen LogP contribution in [0.15, 0.2) is 24.3 Å². The van der Waals surface area contributed by atoms with Crippen LogP contribution in [0.5, 0.6) is 5.75 Å². The number of carbonyl (C=O) groups excluding carboxylic acids is 10. The van der Waals surface area contributed by atoms with E-state index in [-0.39, 0.29) is 49.0 Å². The monoisotopic (exact) mass is 1010 g/mol. The topological polar surface area (TPSA) is 394 Å². The summed E-state index contributed by atoms with van der Waals surface area (Å²) in [5.41, 5.74) is 17.7. The number of carbonyl (C=O) groups is 11. The van der Waals surface area contributed by atoms with Crippen LogP contribution in [0.25, 0.3) is 0 Å². The molecule has 1 aromatic carbocycles. The number of nitrogens with zero attached hydrogens (tertiary/aromatic N) is 1. The number of benzene rings is 1. The Kier molecular flexibility index (Phi) is 23.0. The van der Waals surface area contributed by atoms with Gasteiger partial charge in [0.1, 0.15) is 54.6 Å². The number of nitrogens with one attached hydrogen (secondary N) is 7. The minimum absolute atomic E-state index is 0.0332. The maximum absolute atomic E-state index is 14.5. The summed E-state index contributed by atoms with van der Waals surface area (Å²) >= 11 is 0. The fourth-order valence-corrected chi connectivity index (χ4v) is 9.61. The van der Waals surface area contributed by atoms with Gasteiger partial charge in [-0.25, -0.2) is 0 Å². The number of hydrogen-bond acceptors (Lipinski definition) is 15. The molecule has 24 nitrogen and oxygen atoms in total. The normalized spacial score (nSPS) is 24.3. The molecule has 2 saturated heterocycles. The lowest BCUT2D eigenvalue weighted by atomic mass is 9.96. The number of carboxylic acid groups (broad SMARTS) is 1. The molecule has 0 radical (unpaired) electrons. The van der Waals surface area contributed by atoms with Crippen molar-refractivity contribution >= 4 is 86.6 Å². The van der Waals surface area contributed by atoms with Crippen LogP contribution in [0.3, 0.4) is 0 Å². The van der Waals surface area contributed by atoms with Gasteiger partial charge in [-0.15, -0.1) is 0 Å². The van der Waals surface area contributed by atoms with E-state index in [0.717, 1.165) is 21.6 Å². The zero-order chi connectivity index (χ0) is 51.5. The van der Waals surface area contributed by atoms with Crippen molar-refractivity contribution in [3.05, 3.63) is 29.8 Å². The second-order valence-electron chi connectivity index (χ2n) is 17.3. The Balaban J connectivity index is 2.05. The zero-order valence-corrected chi connectivity index (χ0v) is 40.6. The standard InChI is InChI=1S/C43H65N11O13S2/c1-5-22(4)35-42(66)48-26(12-13-32(45)56)38(62)50-29(17-33(46)57)39(63)52-30(20-69-68-19-25(44)36(60)49-28(40(64)53-35)16-23-8-10-24(55)11-9-23)43(67)54-14-6-7-31(54)41(65)51-27(15-21(2)3)37(61)47-18-34(58)59/h8-11,21-22,25-31,35,55H,5-7,12-20,44H2,1-4H3,(H2,45,56)(H2,46,57)(H,47,61)(H,48,66)(H,49,60)(H,50,62)(H,51,65)(H,52,63)(H,53,64)(H,58,59)/t22-,25-,26-,27-,28-,29-,30-,31-,35?/m0/s1. The van der Waals surface area contributed by atoms with E-state index in [1.165, 1.54) is 29.2 Å². The van der Waals surface area contributed by atoms with E-state index in [1.54, 1.807) is 27.7 Å². The molecule has 3 rings (SSSR count). The van der Waals surface area contributed by atoms with Crippen LogP contribution in [-0.2, 0) is 59.2 Å². The molecule has 0 bridgehead atoms. The van der Waals surface area contributed by atoms with Crippen LogP contribution in [-0.4, -0.2) is 153 Å². The van der Waals surface area contributed by atoms with Gasteiger partial charge in [0.05, 0.1) is 12.5 Å². The molecule has 9 atom stereocenters. The van der Waals surface area contributed by atoms with Gasteiger partial charge in [0, 0.05) is 30.9 Å². The maximum atomic E-state index is 14.5. The predicted molar refractivity (Wildman–Crippen MR) is 253 cm³/mol. The summed E-state index contributed by atoms with van der Waals surface area (Å²) in [6, 6.07) is -5.19. The Morgan fingerprint density at radius 3 is 2.03 bits per heavy atom. The maximum Gasteiger partial charge on any atom is 0.322 e. The quantitative estimate of drug-likeness (QED) is 0.0692. The molecule has 382 valence electrons. The number of hydrogen-bond donors (Lipinski definition) is 12. The number of amides is 10. The zero-order valence-electron chi connectivity index (χ0n) is 38.9. The number of aromatic hydroxyl groups is 1. The largest absolute Gasteiger partial charge is 0.508 e. The number of nitrogens with two attached hydrogens (primary N) is 3. The van der Waals surface area contributed by atoms with Crippen LogP contribution in [0.2, 0.25) is 0 Å². The number of likely N-dealkylation sites (tertiary alicyclic amines) is 1. The fraction of sp³-hybridized carbons (Fsp3) is 0.605. The summed E-state index contributed by atoms with van der Waals surface area (Å²) in [5, 5.41) is 36.6. The predicted octanol–water partition coefficient (Wildman–Crippen LogP) is -3.01. The SMILES string of the molecule is CC[C@H](C)C1NC(=O)[C@H](Cc2ccc(O)cc2)NC(=O)[C@@H](N)CSSC[C@@H](C(=O)N2CCC[C@H]2C(=O)N[C@@H](CC(C)C)C(=O)NCC(=O)O)NC(=O)[C@H](CC(N)=O)NC(=O)[C@H](CCC(N)=O)NC1=O.